The molecule has 1 saturated heterocycles. The molecular weight excluding hydrogens is 254 g/mol. The zero-order chi connectivity index (χ0) is 15.0. The van der Waals surface area contributed by atoms with Gasteiger partial charge in [-0.2, -0.15) is 0 Å². The zero-order valence-corrected chi connectivity index (χ0v) is 12.8. The summed E-state index contributed by atoms with van der Waals surface area (Å²) in [5, 5.41) is 0. The van der Waals surface area contributed by atoms with Crippen LogP contribution in [-0.2, 0) is 9.53 Å². The third-order valence-corrected chi connectivity index (χ3v) is 4.25. The number of likely N-dealkylation sites (tertiary alicyclic amines) is 1. The summed E-state index contributed by atoms with van der Waals surface area (Å²) >= 11 is 0. The van der Waals surface area contributed by atoms with Crippen LogP contribution in [0.15, 0.2) is 12.7 Å². The summed E-state index contributed by atoms with van der Waals surface area (Å²) in [6.07, 6.45) is 5.33. The Bertz CT molecular complexity index is 424. The number of Topliss-reactive ketones (excluding diaryl/α,β-unsaturated/α-hetero) is 1. The number of nitrogens with zero attached hydrogens (tertiary/aromatic N) is 1. The van der Waals surface area contributed by atoms with Crippen LogP contribution < -0.4 is 0 Å². The quantitative estimate of drug-likeness (QED) is 0.728. The Kier molecular flexibility index (Phi) is 3.94. The minimum Gasteiger partial charge on any atom is -0.444 e. The van der Waals surface area contributed by atoms with E-state index in [1.165, 1.54) is 0 Å². The first-order chi connectivity index (χ1) is 9.27. The van der Waals surface area contributed by atoms with E-state index < -0.39 is 5.60 Å². The molecule has 1 amide bonds. The normalized spacial score (nSPS) is 30.1. The molecule has 2 atom stereocenters. The molecule has 2 unspecified atom stereocenters. The number of amides is 1. The third kappa shape index (κ3) is 2.89. The second kappa shape index (κ2) is 5.23. The molecule has 2 aliphatic rings. The Morgan fingerprint density at radius 1 is 1.55 bits per heavy atom. The van der Waals surface area contributed by atoms with Crippen LogP contribution in [0.5, 0.6) is 0 Å². The maximum Gasteiger partial charge on any atom is 0.410 e. The number of allylic oxidation sites excluding steroid dienone is 1. The van der Waals surface area contributed by atoms with Gasteiger partial charge in [0.1, 0.15) is 11.4 Å². The molecule has 2 fully saturated rings. The van der Waals surface area contributed by atoms with E-state index in [0.29, 0.717) is 19.4 Å². The summed E-state index contributed by atoms with van der Waals surface area (Å²) in [6, 6.07) is 0. The van der Waals surface area contributed by atoms with E-state index in [1.54, 1.807) is 11.0 Å². The molecule has 0 aromatic carbocycles. The van der Waals surface area contributed by atoms with Crippen LogP contribution in [0.1, 0.15) is 52.9 Å². The van der Waals surface area contributed by atoms with Crippen LogP contribution in [0.25, 0.3) is 0 Å². The van der Waals surface area contributed by atoms with Gasteiger partial charge in [-0.15, -0.1) is 6.58 Å². The van der Waals surface area contributed by atoms with E-state index in [-0.39, 0.29) is 23.3 Å². The largest absolute Gasteiger partial charge is 0.444 e. The number of ether oxygens (including phenoxy) is 1. The Balaban J connectivity index is 2.13. The van der Waals surface area contributed by atoms with Crippen molar-refractivity contribution in [2.75, 3.05) is 6.54 Å². The van der Waals surface area contributed by atoms with Crippen molar-refractivity contribution in [3.63, 3.8) is 0 Å². The van der Waals surface area contributed by atoms with Crippen molar-refractivity contribution in [3.8, 4) is 0 Å². The Hall–Kier alpha value is -1.32. The fourth-order valence-corrected chi connectivity index (χ4v) is 3.47. The summed E-state index contributed by atoms with van der Waals surface area (Å²) in [6.45, 7) is 10.0. The lowest BCUT2D eigenvalue weighted by Gasteiger charge is -2.36. The maximum absolute atomic E-state index is 12.4. The van der Waals surface area contributed by atoms with Crippen molar-refractivity contribution < 1.29 is 14.3 Å². The highest BCUT2D eigenvalue weighted by Gasteiger charge is 2.52. The molecule has 0 bridgehead atoms. The fraction of sp³-hybridized carbons (Fsp3) is 0.750. The molecular formula is C16H25NO3. The van der Waals surface area contributed by atoms with Gasteiger partial charge in [0.25, 0.3) is 0 Å². The van der Waals surface area contributed by atoms with E-state index in [4.69, 9.17) is 4.74 Å². The van der Waals surface area contributed by atoms with Crippen molar-refractivity contribution >= 4 is 11.9 Å². The van der Waals surface area contributed by atoms with Gasteiger partial charge in [0.05, 0.1) is 5.54 Å². The van der Waals surface area contributed by atoms with Crippen molar-refractivity contribution in [2.24, 2.45) is 5.92 Å². The molecule has 0 N–H and O–H groups in total. The summed E-state index contributed by atoms with van der Waals surface area (Å²) in [7, 11) is 0. The van der Waals surface area contributed by atoms with Gasteiger partial charge in [0.2, 0.25) is 0 Å². The van der Waals surface area contributed by atoms with E-state index >= 15 is 0 Å². The zero-order valence-electron chi connectivity index (χ0n) is 12.8. The van der Waals surface area contributed by atoms with Gasteiger partial charge in [0, 0.05) is 18.9 Å². The van der Waals surface area contributed by atoms with Gasteiger partial charge < -0.3 is 9.64 Å². The van der Waals surface area contributed by atoms with E-state index in [1.807, 2.05) is 20.8 Å². The summed E-state index contributed by atoms with van der Waals surface area (Å²) in [5.74, 6) is 0.288. The summed E-state index contributed by atoms with van der Waals surface area (Å²) in [4.78, 5) is 26.3. The number of carbonyl (C=O) groups is 2. The molecule has 4 nitrogen and oxygen atoms in total. The van der Waals surface area contributed by atoms with Crippen LogP contribution in [0.3, 0.4) is 0 Å². The molecule has 1 heterocycles. The monoisotopic (exact) mass is 279 g/mol. The number of hydrogen-bond donors (Lipinski definition) is 0. The minimum atomic E-state index is -0.496. The summed E-state index contributed by atoms with van der Waals surface area (Å²) in [5.41, 5.74) is -0.795. The van der Waals surface area contributed by atoms with Gasteiger partial charge >= 0.3 is 6.09 Å². The van der Waals surface area contributed by atoms with Gasteiger partial charge in [-0.05, 0) is 46.5 Å². The van der Waals surface area contributed by atoms with E-state index in [2.05, 4.69) is 6.58 Å². The van der Waals surface area contributed by atoms with Crippen molar-refractivity contribution in [3.05, 3.63) is 12.7 Å². The molecule has 0 aromatic rings. The highest BCUT2D eigenvalue weighted by Crippen LogP contribution is 2.45. The molecule has 4 heteroatoms. The third-order valence-electron chi connectivity index (χ3n) is 4.25. The molecule has 20 heavy (non-hydrogen) atoms. The van der Waals surface area contributed by atoms with Crippen molar-refractivity contribution in [1.29, 1.82) is 0 Å². The van der Waals surface area contributed by atoms with Gasteiger partial charge in [0.15, 0.2) is 0 Å². The molecule has 0 radical (unpaired) electrons. The van der Waals surface area contributed by atoms with Crippen LogP contribution >= 0.6 is 0 Å². The lowest BCUT2D eigenvalue weighted by Crippen LogP contribution is -2.47. The highest BCUT2D eigenvalue weighted by atomic mass is 16.6. The maximum atomic E-state index is 12.4. The van der Waals surface area contributed by atoms with Crippen molar-refractivity contribution in [1.82, 2.24) is 4.90 Å². The smallest absolute Gasteiger partial charge is 0.410 e. The Morgan fingerprint density at radius 3 is 2.85 bits per heavy atom. The van der Waals surface area contributed by atoms with Crippen LogP contribution in [0.4, 0.5) is 4.79 Å². The average molecular weight is 279 g/mol. The second-order valence-corrected chi connectivity index (χ2v) is 7.03. The number of hydrogen-bond acceptors (Lipinski definition) is 3. The topological polar surface area (TPSA) is 46.6 Å². The lowest BCUT2D eigenvalue weighted by molar-refractivity contribution is -0.120. The van der Waals surface area contributed by atoms with Crippen LogP contribution in [0.2, 0.25) is 0 Å². The standard InChI is InChI=1S/C16H25NO3/c1-5-7-12-10-16(11-13(12)18)8-6-9-17(16)14(19)20-15(2,3)4/h5,12H,1,6-11H2,2-4H3. The lowest BCUT2D eigenvalue weighted by atomic mass is 9.92. The SMILES string of the molecule is C=CCC1CC2(CCCN2C(=O)OC(C)(C)C)CC1=O. The van der Waals surface area contributed by atoms with E-state index in [0.717, 1.165) is 19.3 Å². The molecule has 0 aromatic heterocycles. The van der Waals surface area contributed by atoms with Gasteiger partial charge in [-0.25, -0.2) is 4.79 Å². The Morgan fingerprint density at radius 2 is 2.25 bits per heavy atom. The number of carbonyl (C=O) groups excluding carboxylic acids is 2. The number of rotatable bonds is 2. The van der Waals surface area contributed by atoms with E-state index in [9.17, 15) is 9.59 Å². The first kappa shape index (κ1) is 15.1. The average Bonchev–Trinajstić information content (AvgIpc) is 2.82. The molecule has 1 aliphatic heterocycles. The van der Waals surface area contributed by atoms with Gasteiger partial charge in [-0.3, -0.25) is 4.79 Å². The fourth-order valence-electron chi connectivity index (χ4n) is 3.47. The molecule has 112 valence electrons. The van der Waals surface area contributed by atoms with Crippen molar-refractivity contribution in [2.45, 2.75) is 64.0 Å². The van der Waals surface area contributed by atoms with Gasteiger partial charge in [-0.1, -0.05) is 6.08 Å². The first-order valence-electron chi connectivity index (χ1n) is 7.42. The second-order valence-electron chi connectivity index (χ2n) is 7.03. The van der Waals surface area contributed by atoms with Crippen LogP contribution in [-0.4, -0.2) is 34.5 Å². The predicted molar refractivity (Wildman–Crippen MR) is 77.5 cm³/mol. The molecule has 2 rings (SSSR count). The predicted octanol–water partition coefficient (Wildman–Crippen LogP) is 3.31. The molecule has 1 spiro atoms. The Labute approximate surface area is 121 Å². The van der Waals surface area contributed by atoms with Crippen LogP contribution in [0, 0.1) is 5.92 Å². The number of ketones is 1. The molecule has 1 saturated carbocycles. The first-order valence-corrected chi connectivity index (χ1v) is 7.42. The summed E-state index contributed by atoms with van der Waals surface area (Å²) < 4.78 is 5.49. The highest BCUT2D eigenvalue weighted by molar-refractivity contribution is 5.86. The minimum absolute atomic E-state index is 0.0236. The molecule has 1 aliphatic carbocycles.